The number of fused-ring (bicyclic) bond motifs is 2. The summed E-state index contributed by atoms with van der Waals surface area (Å²) >= 11 is 59.5. The van der Waals surface area contributed by atoms with Crippen LogP contribution in [-0.4, -0.2) is 166 Å². The van der Waals surface area contributed by atoms with E-state index >= 15 is 0 Å². The van der Waals surface area contributed by atoms with Gasteiger partial charge in [-0.15, -0.1) is 24.0 Å². The van der Waals surface area contributed by atoms with E-state index in [0.29, 0.717) is 103 Å². The van der Waals surface area contributed by atoms with Gasteiger partial charge in [0, 0.05) is 190 Å². The molecule has 125 heavy (non-hydrogen) atoms. The predicted molar refractivity (Wildman–Crippen MR) is 490 cm³/mol. The van der Waals surface area contributed by atoms with Gasteiger partial charge >= 0.3 is 61.3 Å². The maximum Gasteiger partial charge on any atom is 1.00 e. The van der Waals surface area contributed by atoms with Gasteiger partial charge in [-0.25, -0.2) is 59.0 Å². The van der Waals surface area contributed by atoms with Crippen molar-refractivity contribution >= 4 is 227 Å². The normalized spacial score (nSPS) is 11.0. The van der Waals surface area contributed by atoms with E-state index < -0.39 is 25.2 Å². The molecule has 0 saturated carbocycles. The number of benzene rings is 4. The number of aromatic nitrogens is 14. The Balaban J connectivity index is 0.000000725. The number of carbonyl (C=O) groups is 2. The van der Waals surface area contributed by atoms with Gasteiger partial charge in [-0.3, -0.25) is 39.2 Å². The average Bonchev–Trinajstić information content (AvgIpc) is 0.773. The number of urea groups is 2. The number of ether oxygens (including phenoxy) is 7. The summed E-state index contributed by atoms with van der Waals surface area (Å²) in [5.74, 6) is 5.66. The first kappa shape index (κ1) is 115. The van der Waals surface area contributed by atoms with E-state index in [9.17, 15) is 28.8 Å². The molecule has 0 saturated heterocycles. The molecule has 9 heterocycles. The summed E-state index contributed by atoms with van der Waals surface area (Å²) in [6, 6.07) is 20.5. The van der Waals surface area contributed by atoms with Crippen molar-refractivity contribution in [1.82, 2.24) is 69.8 Å². The second kappa shape index (κ2) is 58.8. The molecule has 11 aromatic rings. The Morgan fingerprint density at radius 1 is 0.536 bits per heavy atom. The summed E-state index contributed by atoms with van der Waals surface area (Å²) in [6.07, 6.45) is 10.4. The third kappa shape index (κ3) is 39.1. The molecule has 4 amide bonds. The summed E-state index contributed by atoms with van der Waals surface area (Å²) in [4.78, 5) is 120. The van der Waals surface area contributed by atoms with E-state index in [4.69, 9.17) is 168 Å². The zero-order valence-electron chi connectivity index (χ0n) is 67.3. The summed E-state index contributed by atoms with van der Waals surface area (Å²) in [7, 11) is 20.6. The molecule has 0 bridgehead atoms. The molecular formula is C71H75Cl13I2N21NaO16S. The molecule has 7 aromatic heterocycles. The zero-order valence-corrected chi connectivity index (χ0v) is 84.3. The minimum atomic E-state index is -3.72. The van der Waals surface area contributed by atoms with E-state index in [1.807, 2.05) is 41.2 Å². The average molecular weight is 2250 g/mol. The Labute approximate surface area is 832 Å². The monoisotopic (exact) mass is 2240 g/mol. The third-order valence-corrected chi connectivity index (χ3v) is 18.3. The molecule has 2 aliphatic rings. The number of carbonyl (C=O) groups excluding carboxylic acids is 2. The number of amides is 4. The van der Waals surface area contributed by atoms with Crippen LogP contribution in [-0.2, 0) is 44.8 Å². The zero-order chi connectivity index (χ0) is 91.3. The van der Waals surface area contributed by atoms with Crippen molar-refractivity contribution in [3.8, 4) is 40.2 Å². The van der Waals surface area contributed by atoms with Crippen molar-refractivity contribution in [3.05, 3.63) is 244 Å². The Morgan fingerprint density at radius 3 is 1.34 bits per heavy atom. The summed E-state index contributed by atoms with van der Waals surface area (Å²) in [5, 5.41) is 13.7. The largest absolute Gasteiger partial charge is 1.00 e. The fraction of sp³-hybridized carbons (Fsp3) is 0.239. The van der Waals surface area contributed by atoms with Crippen molar-refractivity contribution in [3.63, 3.8) is 0 Å². The second-order valence-corrected chi connectivity index (χ2v) is 30.7. The molecule has 672 valence electrons. The summed E-state index contributed by atoms with van der Waals surface area (Å²) < 4.78 is 55.6. The van der Waals surface area contributed by atoms with Crippen LogP contribution in [0.3, 0.4) is 0 Å². The number of aromatic amines is 4. The molecule has 13 rings (SSSR count). The van der Waals surface area contributed by atoms with Crippen LogP contribution in [0.25, 0.3) is 0 Å². The van der Waals surface area contributed by atoms with Gasteiger partial charge in [0.25, 0.3) is 11.1 Å². The number of alkyl halides is 2. The maximum absolute atomic E-state index is 12.8. The molecule has 0 atom stereocenters. The maximum atomic E-state index is 12.8. The van der Waals surface area contributed by atoms with Crippen LogP contribution in [0.5, 0.6) is 40.2 Å². The van der Waals surface area contributed by atoms with Crippen LogP contribution in [0.15, 0.2) is 135 Å². The van der Waals surface area contributed by atoms with Crippen molar-refractivity contribution in [2.75, 3.05) is 102 Å². The van der Waals surface area contributed by atoms with Gasteiger partial charge in [0.05, 0.1) is 92.3 Å². The fourth-order valence-electron chi connectivity index (χ4n) is 9.27. The molecule has 10 N–H and O–H groups in total. The van der Waals surface area contributed by atoms with Crippen molar-refractivity contribution in [2.45, 2.75) is 43.5 Å². The van der Waals surface area contributed by atoms with E-state index in [1.54, 1.807) is 122 Å². The number of hydrogen-bond acceptors (Lipinski definition) is 29. The van der Waals surface area contributed by atoms with Gasteiger partial charge in [-0.05, 0) is 89.7 Å². The number of aliphatic hydroxyl groups excluding tert-OH is 1. The number of nitrogen functional groups attached to an aromatic ring is 1. The van der Waals surface area contributed by atoms with E-state index in [1.165, 1.54) is 60.6 Å². The quantitative estimate of drug-likeness (QED) is 0.00904. The Bertz CT molecular complexity index is 5560. The van der Waals surface area contributed by atoms with Crippen LogP contribution >= 0.6 is 172 Å². The number of H-pyrrole nitrogens is 4. The SMILES string of the molecule is CN.COc1cc(C)cc(N)c1.COc1cc(NCc2cnc(Cl)nc2Cl)cc(OC)c1.COc1cc(OC)c(Cl)c(N2Cc3cnc(Cl)nc3N(C)C2=O)c1.COc1cc(OC)cc(N2Cc3cnc(Cl)nc3N(C)C2=O)c1.Cl.ClCc1cnc(Cl)nc1Cl.Clc1ncc(CI)c(Cl)n1.O=S(=O)(Cl)Cl.O=c1[nH]cc(CO)c(=O)[nH]1.O=c1cc[nH]c(=O)[nH]1.[I-].[Na+]. The molecule has 0 radical (unpaired) electrons. The van der Waals surface area contributed by atoms with Gasteiger partial charge in [0.2, 0.25) is 26.4 Å². The number of nitrogens with one attached hydrogen (secondary N) is 5. The third-order valence-electron chi connectivity index (χ3n) is 14.9. The molecule has 54 heteroatoms. The number of methoxy groups -OCH3 is 7. The number of nitrogens with two attached hydrogens (primary N) is 2. The molecule has 37 nitrogen and oxygen atoms in total. The number of rotatable bonds is 15. The topological polar surface area (TPSA) is 490 Å². The second-order valence-electron chi connectivity index (χ2n) is 22.9. The summed E-state index contributed by atoms with van der Waals surface area (Å²) in [6.45, 7) is 2.68. The fourth-order valence-corrected chi connectivity index (χ4v) is 12.0. The van der Waals surface area contributed by atoms with E-state index in [2.05, 4.69) is 115 Å². The molecule has 4 aromatic carbocycles. The molecular weight excluding hydrogens is 2170 g/mol. The predicted octanol–water partition coefficient (Wildman–Crippen LogP) is 8.67. The number of aryl methyl sites for hydroxylation is 1. The van der Waals surface area contributed by atoms with Gasteiger partial charge in [0.15, 0.2) is 0 Å². The van der Waals surface area contributed by atoms with Crippen LogP contribution in [0, 0.1) is 6.92 Å². The number of aliphatic hydroxyl groups is 1. The van der Waals surface area contributed by atoms with Crippen LogP contribution in [0.2, 0.25) is 46.9 Å². The molecule has 0 aliphatic carbocycles. The van der Waals surface area contributed by atoms with Crippen LogP contribution in [0.1, 0.15) is 38.9 Å². The molecule has 0 spiro atoms. The molecule has 0 unspecified atom stereocenters. The minimum absolute atomic E-state index is 0. The van der Waals surface area contributed by atoms with E-state index in [-0.39, 0.29) is 129 Å². The number of nitrogens with zero attached hydrogens (tertiary/aromatic N) is 14. The van der Waals surface area contributed by atoms with E-state index in [0.717, 1.165) is 49.4 Å². The number of hydrogen-bond donors (Lipinski definition) is 8. The van der Waals surface area contributed by atoms with Gasteiger partial charge < -0.3 is 89.0 Å². The Kier molecular flexibility index (Phi) is 54.4. The number of anilines is 6. The van der Waals surface area contributed by atoms with Gasteiger partial charge in [0.1, 0.15) is 72.4 Å². The molecule has 0 fully saturated rings. The Hall–Kier alpha value is -7.52. The van der Waals surface area contributed by atoms with Crippen molar-refractivity contribution in [1.29, 1.82) is 0 Å². The van der Waals surface area contributed by atoms with Crippen LogP contribution in [0.4, 0.5) is 44.0 Å². The first-order valence-electron chi connectivity index (χ1n) is 33.5. The molecule has 2 aliphatic heterocycles. The minimum Gasteiger partial charge on any atom is -1.00 e. The van der Waals surface area contributed by atoms with Crippen LogP contribution < -0.4 is 146 Å². The van der Waals surface area contributed by atoms with Gasteiger partial charge in [-0.2, -0.15) is 18.4 Å². The first-order chi connectivity index (χ1) is 57.8. The van der Waals surface area contributed by atoms with Crippen molar-refractivity contribution in [2.24, 2.45) is 5.73 Å². The van der Waals surface area contributed by atoms with Gasteiger partial charge in [-0.1, -0.05) is 69.0 Å². The summed E-state index contributed by atoms with van der Waals surface area (Å²) in [5.41, 5.74) is 16.0. The standard InChI is InChI=1S/C15H14Cl2N4O3.C15H15ClN4O3.C13H13Cl2N3O2.C8H11NO.C5H3Cl3N2.C5H3Cl2IN2.C5H6N2O3.C4H4N2O2.CH5N.Cl2O2S.ClH.HI.Na/c1-20-13-8(6-18-14(17)19-13)7-21(15(20)22)10-4-9(23-2)5-11(24-3)12(10)16;1-19-13-9(7-17-14(16)18-13)8-20(15(19)21)10-4-11(22-2)6-12(5-10)23-3;1-19-10-3-9(4-11(5-10)20-2)16-6-8-7-17-13(15)18-12(8)14;1-6-3-7(9)5-8(4-6)10-2;6-1-3-2-9-5(8)10-4(3)7;6-4-3(1-8)2-9-5(7)10-4;8-2-3-1-6-5(10)7-4(3)9;7-3-1-2-5-4(8)6-3;1-2;1-5(2,3)4;;;/h4-6H,7H2,1-3H3;4-7H,8H2,1-3H3;3-5,7,16H,6H2,1-2H3;3-5H,9H2,1-2H3;2*2H,1H2;1,8H,2H2,(H2,6,7,9,10);1-2H,(H2,5,6,7,8);2H2,1H3;;2*1H;/q;;;;;;;;;;;;+1/p-1. The number of halogens is 15. The van der Waals surface area contributed by atoms with Crippen molar-refractivity contribution < 1.29 is 110 Å². The smallest absolute Gasteiger partial charge is 1.00 e. The first-order valence-corrected chi connectivity index (χ1v) is 42.1. The Morgan fingerprint density at radius 2 is 0.944 bits per heavy atom.